The van der Waals surface area contributed by atoms with Crippen LogP contribution >= 0.6 is 0 Å². The molecule has 0 bridgehead atoms. The number of nitrogens with one attached hydrogen (secondary N) is 1. The number of imidazole rings is 1. The van der Waals surface area contributed by atoms with Gasteiger partial charge in [0, 0.05) is 37.4 Å². The Morgan fingerprint density at radius 1 is 1.21 bits per heavy atom. The molecule has 0 spiro atoms. The lowest BCUT2D eigenvalue weighted by molar-refractivity contribution is 0.617. The van der Waals surface area contributed by atoms with Crippen molar-refractivity contribution in [3.05, 3.63) is 43.2 Å². The van der Waals surface area contributed by atoms with E-state index in [9.17, 15) is 0 Å². The Labute approximate surface area is 110 Å². The van der Waals surface area contributed by atoms with Crippen molar-refractivity contribution in [2.24, 2.45) is 0 Å². The topological polar surface area (TPSA) is 68.5 Å². The predicted octanol–water partition coefficient (Wildman–Crippen LogP) is 1.72. The molecule has 6 heteroatoms. The van der Waals surface area contributed by atoms with Crippen LogP contribution in [-0.2, 0) is 6.54 Å². The van der Waals surface area contributed by atoms with Crippen LogP contribution in [-0.4, -0.2) is 30.5 Å². The maximum Gasteiger partial charge on any atom is 0.180 e. The molecule has 19 heavy (non-hydrogen) atoms. The van der Waals surface area contributed by atoms with Crippen molar-refractivity contribution in [1.29, 1.82) is 0 Å². The lowest BCUT2D eigenvalue weighted by Gasteiger charge is -2.15. The molecule has 6 nitrogen and oxygen atoms in total. The fraction of sp³-hybridized carbons (Fsp3) is 0.231. The summed E-state index contributed by atoms with van der Waals surface area (Å²) >= 11 is 0. The van der Waals surface area contributed by atoms with Crippen molar-refractivity contribution in [2.45, 2.75) is 19.5 Å². The van der Waals surface area contributed by atoms with Gasteiger partial charge < -0.3 is 9.88 Å². The van der Waals surface area contributed by atoms with Crippen LogP contribution < -0.4 is 5.32 Å². The second-order valence-electron chi connectivity index (χ2n) is 4.40. The molecule has 3 rings (SSSR count). The Kier molecular flexibility index (Phi) is 3.06. The molecule has 0 aliphatic rings. The minimum absolute atomic E-state index is 0.246. The summed E-state index contributed by atoms with van der Waals surface area (Å²) in [5.74, 6) is 0.806. The normalized spacial score (nSPS) is 12.5. The van der Waals surface area contributed by atoms with E-state index in [-0.39, 0.29) is 6.04 Å². The van der Waals surface area contributed by atoms with E-state index in [1.807, 2.05) is 22.9 Å². The molecule has 0 saturated heterocycles. The van der Waals surface area contributed by atoms with E-state index in [0.717, 1.165) is 17.9 Å². The van der Waals surface area contributed by atoms with Crippen LogP contribution in [0.5, 0.6) is 0 Å². The SMILES string of the molecule is CC(Cn1ccnc1)Nc1ccc2nccnc2n1. The van der Waals surface area contributed by atoms with Gasteiger partial charge in [-0.3, -0.25) is 4.98 Å². The monoisotopic (exact) mass is 254 g/mol. The van der Waals surface area contributed by atoms with Crippen LogP contribution in [0.1, 0.15) is 6.92 Å². The molecule has 0 aromatic carbocycles. The predicted molar refractivity (Wildman–Crippen MR) is 72.6 cm³/mol. The van der Waals surface area contributed by atoms with E-state index in [2.05, 4.69) is 32.2 Å². The van der Waals surface area contributed by atoms with E-state index >= 15 is 0 Å². The average molecular weight is 254 g/mol. The standard InChI is InChI=1S/C13H14N6/c1-10(8-19-7-6-14-9-19)17-12-3-2-11-13(18-12)16-5-4-15-11/h2-7,9-10H,8H2,1H3,(H,16,17,18). The first-order valence-electron chi connectivity index (χ1n) is 6.11. The lowest BCUT2D eigenvalue weighted by Crippen LogP contribution is -2.21. The number of nitrogens with zero attached hydrogens (tertiary/aromatic N) is 5. The zero-order valence-corrected chi connectivity index (χ0v) is 10.6. The maximum atomic E-state index is 4.43. The summed E-state index contributed by atoms with van der Waals surface area (Å²) in [5, 5.41) is 3.34. The molecule has 0 aliphatic carbocycles. The second kappa shape index (κ2) is 5.01. The maximum absolute atomic E-state index is 4.43. The summed E-state index contributed by atoms with van der Waals surface area (Å²) in [6, 6.07) is 4.08. The molecule has 96 valence electrons. The zero-order chi connectivity index (χ0) is 13.1. The summed E-state index contributed by atoms with van der Waals surface area (Å²) in [6.45, 7) is 2.93. The minimum atomic E-state index is 0.246. The molecule has 0 radical (unpaired) electrons. The van der Waals surface area contributed by atoms with Gasteiger partial charge in [0.15, 0.2) is 5.65 Å². The lowest BCUT2D eigenvalue weighted by atomic mass is 10.3. The van der Waals surface area contributed by atoms with Crippen molar-refractivity contribution in [3.8, 4) is 0 Å². The Bertz CT molecular complexity index is 664. The molecular weight excluding hydrogens is 240 g/mol. The van der Waals surface area contributed by atoms with E-state index in [1.54, 1.807) is 24.9 Å². The Morgan fingerprint density at radius 3 is 2.95 bits per heavy atom. The molecular formula is C13H14N6. The Morgan fingerprint density at radius 2 is 2.11 bits per heavy atom. The van der Waals surface area contributed by atoms with Gasteiger partial charge in [0.2, 0.25) is 0 Å². The van der Waals surface area contributed by atoms with Crippen molar-refractivity contribution in [3.63, 3.8) is 0 Å². The number of rotatable bonds is 4. The van der Waals surface area contributed by atoms with Gasteiger partial charge in [0.05, 0.1) is 6.33 Å². The van der Waals surface area contributed by atoms with Gasteiger partial charge in [0.25, 0.3) is 0 Å². The fourth-order valence-corrected chi connectivity index (χ4v) is 1.94. The van der Waals surface area contributed by atoms with Gasteiger partial charge in [-0.15, -0.1) is 0 Å². The molecule has 0 amide bonds. The zero-order valence-electron chi connectivity index (χ0n) is 10.6. The fourth-order valence-electron chi connectivity index (χ4n) is 1.94. The molecule has 0 aliphatic heterocycles. The number of aromatic nitrogens is 5. The summed E-state index contributed by atoms with van der Waals surface area (Å²) in [4.78, 5) is 16.9. The van der Waals surface area contributed by atoms with Gasteiger partial charge in [-0.05, 0) is 19.1 Å². The number of hydrogen-bond donors (Lipinski definition) is 1. The van der Waals surface area contributed by atoms with E-state index in [4.69, 9.17) is 0 Å². The molecule has 0 fully saturated rings. The van der Waals surface area contributed by atoms with Crippen molar-refractivity contribution >= 4 is 17.0 Å². The van der Waals surface area contributed by atoms with Crippen LogP contribution in [0.4, 0.5) is 5.82 Å². The average Bonchev–Trinajstić information content (AvgIpc) is 2.91. The number of fused-ring (bicyclic) bond motifs is 1. The third kappa shape index (κ3) is 2.67. The quantitative estimate of drug-likeness (QED) is 0.767. The summed E-state index contributed by atoms with van der Waals surface area (Å²) < 4.78 is 2.03. The van der Waals surface area contributed by atoms with Gasteiger partial charge in [0.1, 0.15) is 11.3 Å². The third-order valence-electron chi connectivity index (χ3n) is 2.77. The van der Waals surface area contributed by atoms with Crippen LogP contribution in [0.15, 0.2) is 43.2 Å². The summed E-state index contributed by atoms with van der Waals surface area (Å²) in [6.07, 6.45) is 8.83. The first-order chi connectivity index (χ1) is 9.31. The highest BCUT2D eigenvalue weighted by atomic mass is 15.1. The van der Waals surface area contributed by atoms with E-state index in [0.29, 0.717) is 5.65 Å². The largest absolute Gasteiger partial charge is 0.366 e. The molecule has 1 unspecified atom stereocenters. The molecule has 3 heterocycles. The first-order valence-corrected chi connectivity index (χ1v) is 6.11. The van der Waals surface area contributed by atoms with Crippen LogP contribution in [0.2, 0.25) is 0 Å². The highest BCUT2D eigenvalue weighted by Crippen LogP contribution is 2.11. The van der Waals surface area contributed by atoms with Crippen LogP contribution in [0, 0.1) is 0 Å². The summed E-state index contributed by atoms with van der Waals surface area (Å²) in [7, 11) is 0. The molecule has 1 N–H and O–H groups in total. The third-order valence-corrected chi connectivity index (χ3v) is 2.77. The van der Waals surface area contributed by atoms with Gasteiger partial charge in [-0.1, -0.05) is 0 Å². The van der Waals surface area contributed by atoms with Crippen molar-refractivity contribution in [1.82, 2.24) is 24.5 Å². The van der Waals surface area contributed by atoms with E-state index in [1.165, 1.54) is 0 Å². The van der Waals surface area contributed by atoms with Gasteiger partial charge in [-0.2, -0.15) is 0 Å². The first kappa shape index (κ1) is 11.6. The van der Waals surface area contributed by atoms with Crippen molar-refractivity contribution < 1.29 is 0 Å². The smallest absolute Gasteiger partial charge is 0.180 e. The molecule has 3 aromatic heterocycles. The minimum Gasteiger partial charge on any atom is -0.366 e. The van der Waals surface area contributed by atoms with Gasteiger partial charge in [-0.25, -0.2) is 15.0 Å². The number of pyridine rings is 1. The highest BCUT2D eigenvalue weighted by molar-refractivity contribution is 5.71. The van der Waals surface area contributed by atoms with Gasteiger partial charge >= 0.3 is 0 Å². The Balaban J connectivity index is 1.73. The molecule has 0 saturated carbocycles. The Hall–Kier alpha value is -2.50. The second-order valence-corrected chi connectivity index (χ2v) is 4.40. The van der Waals surface area contributed by atoms with Crippen LogP contribution in [0.3, 0.4) is 0 Å². The number of hydrogen-bond acceptors (Lipinski definition) is 5. The van der Waals surface area contributed by atoms with Crippen molar-refractivity contribution in [2.75, 3.05) is 5.32 Å². The summed E-state index contributed by atoms with van der Waals surface area (Å²) in [5.41, 5.74) is 1.46. The van der Waals surface area contributed by atoms with Crippen LogP contribution in [0.25, 0.3) is 11.2 Å². The number of anilines is 1. The molecule has 1 atom stereocenters. The van der Waals surface area contributed by atoms with E-state index < -0.39 is 0 Å². The molecule has 3 aromatic rings. The highest BCUT2D eigenvalue weighted by Gasteiger charge is 2.05.